The summed E-state index contributed by atoms with van der Waals surface area (Å²) in [5.41, 5.74) is 0.956. The lowest BCUT2D eigenvalue weighted by atomic mass is 9.76. The SMILES string of the molecule is COC(=O)C1CCC2C(=O)N(CCCC(=O)N3CCN(c4ccc(F)cc4)CC3)C(=S)NC2C1. The second-order valence-electron chi connectivity index (χ2n) is 9.13. The number of ether oxygens (including phenoxy) is 1. The van der Waals surface area contributed by atoms with Crippen LogP contribution in [0.15, 0.2) is 24.3 Å². The molecule has 2 heterocycles. The standard InChI is InChI=1S/C24H31FN4O4S/c1-33-23(32)16-4-9-19-20(15-16)26-24(34)29(22(19)31)10-2-3-21(30)28-13-11-27(12-14-28)18-7-5-17(25)6-8-18/h5-8,16,19-20H,2-4,9-15H2,1H3,(H,26,34). The molecular formula is C24H31FN4O4S. The number of hydrogen-bond donors (Lipinski definition) is 1. The molecule has 1 aromatic carbocycles. The molecule has 0 bridgehead atoms. The number of carbonyl (C=O) groups is 3. The van der Waals surface area contributed by atoms with Gasteiger partial charge in [0.2, 0.25) is 11.8 Å². The van der Waals surface area contributed by atoms with Crippen molar-refractivity contribution in [2.45, 2.75) is 38.1 Å². The predicted octanol–water partition coefficient (Wildman–Crippen LogP) is 1.93. The summed E-state index contributed by atoms with van der Waals surface area (Å²) < 4.78 is 18.0. The third kappa shape index (κ3) is 5.32. The summed E-state index contributed by atoms with van der Waals surface area (Å²) in [6.07, 6.45) is 2.67. The molecule has 10 heteroatoms. The number of piperazine rings is 1. The van der Waals surface area contributed by atoms with Gasteiger partial charge in [-0.25, -0.2) is 4.39 Å². The molecule has 4 rings (SSSR count). The smallest absolute Gasteiger partial charge is 0.308 e. The molecule has 1 saturated carbocycles. The number of carbonyl (C=O) groups excluding carboxylic acids is 3. The number of hydrogen-bond acceptors (Lipinski definition) is 6. The molecule has 2 saturated heterocycles. The van der Waals surface area contributed by atoms with Crippen molar-refractivity contribution in [3.05, 3.63) is 30.1 Å². The Morgan fingerprint density at radius 1 is 1.15 bits per heavy atom. The molecule has 3 unspecified atom stereocenters. The topological polar surface area (TPSA) is 82.2 Å². The number of esters is 1. The summed E-state index contributed by atoms with van der Waals surface area (Å²) >= 11 is 5.43. The van der Waals surface area contributed by atoms with E-state index >= 15 is 0 Å². The number of fused-ring (bicyclic) bond motifs is 1. The summed E-state index contributed by atoms with van der Waals surface area (Å²) in [6, 6.07) is 6.26. The minimum atomic E-state index is -0.260. The number of methoxy groups -OCH3 is 1. The van der Waals surface area contributed by atoms with E-state index in [2.05, 4.69) is 10.2 Å². The number of rotatable bonds is 6. The first-order valence-corrected chi connectivity index (χ1v) is 12.3. The van der Waals surface area contributed by atoms with Crippen LogP contribution in [0.2, 0.25) is 0 Å². The average Bonchev–Trinajstić information content (AvgIpc) is 2.85. The second-order valence-corrected chi connectivity index (χ2v) is 9.52. The van der Waals surface area contributed by atoms with Crippen molar-refractivity contribution in [1.29, 1.82) is 0 Å². The highest BCUT2D eigenvalue weighted by Crippen LogP contribution is 2.33. The quantitative estimate of drug-likeness (QED) is 0.482. The van der Waals surface area contributed by atoms with Crippen LogP contribution in [-0.2, 0) is 19.1 Å². The number of benzene rings is 1. The summed E-state index contributed by atoms with van der Waals surface area (Å²) in [4.78, 5) is 43.2. The van der Waals surface area contributed by atoms with Crippen molar-refractivity contribution in [1.82, 2.24) is 15.1 Å². The first-order chi connectivity index (χ1) is 16.4. The molecule has 1 aromatic rings. The van der Waals surface area contributed by atoms with Crippen LogP contribution in [0, 0.1) is 17.7 Å². The zero-order valence-corrected chi connectivity index (χ0v) is 20.2. The van der Waals surface area contributed by atoms with Gasteiger partial charge < -0.3 is 19.9 Å². The Morgan fingerprint density at radius 3 is 2.53 bits per heavy atom. The van der Waals surface area contributed by atoms with E-state index in [1.165, 1.54) is 19.2 Å². The average molecular weight is 491 g/mol. The fraction of sp³-hybridized carbons (Fsp3) is 0.583. The highest BCUT2D eigenvalue weighted by atomic mass is 32.1. The Balaban J connectivity index is 1.22. The van der Waals surface area contributed by atoms with Gasteiger partial charge in [0, 0.05) is 50.9 Å². The third-order valence-electron chi connectivity index (χ3n) is 7.12. The van der Waals surface area contributed by atoms with Gasteiger partial charge in [-0.15, -0.1) is 0 Å². The minimum absolute atomic E-state index is 0.0163. The van der Waals surface area contributed by atoms with Crippen molar-refractivity contribution in [2.75, 3.05) is 44.7 Å². The van der Waals surface area contributed by atoms with E-state index in [0.29, 0.717) is 69.9 Å². The lowest BCUT2D eigenvalue weighted by molar-refractivity contribution is -0.149. The Bertz CT molecular complexity index is 935. The number of amides is 2. The highest BCUT2D eigenvalue weighted by Gasteiger charge is 2.44. The van der Waals surface area contributed by atoms with Crippen LogP contribution < -0.4 is 10.2 Å². The molecule has 1 N–H and O–H groups in total. The van der Waals surface area contributed by atoms with Gasteiger partial charge in [0.05, 0.1) is 18.9 Å². The van der Waals surface area contributed by atoms with Gasteiger partial charge in [-0.3, -0.25) is 19.3 Å². The Labute approximate surface area is 204 Å². The van der Waals surface area contributed by atoms with Crippen LogP contribution >= 0.6 is 12.2 Å². The first kappa shape index (κ1) is 24.4. The van der Waals surface area contributed by atoms with Gasteiger partial charge in [0.15, 0.2) is 5.11 Å². The molecule has 3 fully saturated rings. The Kier molecular flexibility index (Phi) is 7.65. The van der Waals surface area contributed by atoms with E-state index in [0.717, 1.165) is 5.69 Å². The fourth-order valence-corrected chi connectivity index (χ4v) is 5.50. The normalized spacial score (nSPS) is 25.0. The van der Waals surface area contributed by atoms with E-state index in [4.69, 9.17) is 17.0 Å². The van der Waals surface area contributed by atoms with E-state index < -0.39 is 0 Å². The maximum Gasteiger partial charge on any atom is 0.308 e. The van der Waals surface area contributed by atoms with E-state index in [9.17, 15) is 18.8 Å². The van der Waals surface area contributed by atoms with Crippen molar-refractivity contribution >= 4 is 40.8 Å². The lowest BCUT2D eigenvalue weighted by Gasteiger charge is -2.43. The largest absolute Gasteiger partial charge is 0.469 e. The molecule has 3 atom stereocenters. The minimum Gasteiger partial charge on any atom is -0.469 e. The van der Waals surface area contributed by atoms with Crippen LogP contribution in [-0.4, -0.2) is 78.6 Å². The molecule has 2 aliphatic heterocycles. The molecule has 8 nitrogen and oxygen atoms in total. The van der Waals surface area contributed by atoms with Gasteiger partial charge in [-0.2, -0.15) is 0 Å². The third-order valence-corrected chi connectivity index (χ3v) is 7.46. The molecule has 0 spiro atoms. The zero-order chi connectivity index (χ0) is 24.2. The molecule has 0 radical (unpaired) electrons. The molecule has 34 heavy (non-hydrogen) atoms. The van der Waals surface area contributed by atoms with E-state index in [1.54, 1.807) is 17.0 Å². The van der Waals surface area contributed by atoms with Crippen LogP contribution in [0.4, 0.5) is 10.1 Å². The number of anilines is 1. The molecule has 0 aromatic heterocycles. The summed E-state index contributed by atoms with van der Waals surface area (Å²) in [5, 5.41) is 3.61. The summed E-state index contributed by atoms with van der Waals surface area (Å²) in [7, 11) is 1.38. The first-order valence-electron chi connectivity index (χ1n) is 11.9. The van der Waals surface area contributed by atoms with Crippen molar-refractivity contribution in [3.63, 3.8) is 0 Å². The van der Waals surface area contributed by atoms with Crippen LogP contribution in [0.25, 0.3) is 0 Å². The van der Waals surface area contributed by atoms with Gasteiger partial charge in [0.25, 0.3) is 0 Å². The van der Waals surface area contributed by atoms with Crippen molar-refractivity contribution in [3.8, 4) is 0 Å². The van der Waals surface area contributed by atoms with E-state index in [-0.39, 0.29) is 41.5 Å². The monoisotopic (exact) mass is 490 g/mol. The van der Waals surface area contributed by atoms with Gasteiger partial charge in [-0.1, -0.05) is 0 Å². The Hall–Kier alpha value is -2.75. The number of nitrogens with zero attached hydrogens (tertiary/aromatic N) is 3. The number of thiocarbonyl (C=S) groups is 1. The van der Waals surface area contributed by atoms with Gasteiger partial charge in [0.1, 0.15) is 5.82 Å². The van der Waals surface area contributed by atoms with Crippen molar-refractivity contribution < 1.29 is 23.5 Å². The Morgan fingerprint density at radius 2 is 1.85 bits per heavy atom. The predicted molar refractivity (Wildman–Crippen MR) is 129 cm³/mol. The lowest BCUT2D eigenvalue weighted by Crippen LogP contribution is -2.61. The number of halogens is 1. The fourth-order valence-electron chi connectivity index (χ4n) is 5.17. The van der Waals surface area contributed by atoms with Crippen LogP contribution in [0.5, 0.6) is 0 Å². The number of nitrogens with one attached hydrogen (secondary N) is 1. The highest BCUT2D eigenvalue weighted by molar-refractivity contribution is 7.80. The van der Waals surface area contributed by atoms with Gasteiger partial charge >= 0.3 is 5.97 Å². The molecule has 1 aliphatic carbocycles. The van der Waals surface area contributed by atoms with Crippen LogP contribution in [0.1, 0.15) is 32.1 Å². The van der Waals surface area contributed by atoms with E-state index in [1.807, 2.05) is 4.90 Å². The molecule has 2 amide bonds. The summed E-state index contributed by atoms with van der Waals surface area (Å²) in [6.45, 7) is 3.03. The molecule has 184 valence electrons. The molecular weight excluding hydrogens is 459 g/mol. The second kappa shape index (κ2) is 10.7. The summed E-state index contributed by atoms with van der Waals surface area (Å²) in [5.74, 6) is -0.859. The van der Waals surface area contributed by atoms with Crippen LogP contribution in [0.3, 0.4) is 0 Å². The van der Waals surface area contributed by atoms with Gasteiger partial charge in [-0.05, 0) is 62.2 Å². The molecule has 3 aliphatic rings. The zero-order valence-electron chi connectivity index (χ0n) is 19.4. The maximum atomic E-state index is 13.1. The van der Waals surface area contributed by atoms with Crippen molar-refractivity contribution in [2.24, 2.45) is 11.8 Å². The maximum absolute atomic E-state index is 13.1.